The van der Waals surface area contributed by atoms with Crippen LogP contribution in [0.2, 0.25) is 39.3 Å². The molecule has 0 aliphatic carbocycles. The Morgan fingerprint density at radius 3 is 1.40 bits per heavy atom. The van der Waals surface area contributed by atoms with Crippen molar-refractivity contribution in [2.45, 2.75) is 39.3 Å². The van der Waals surface area contributed by atoms with Crippen molar-refractivity contribution in [3.63, 3.8) is 0 Å². The van der Waals surface area contributed by atoms with Crippen molar-refractivity contribution in [1.82, 2.24) is 0 Å². The quantitative estimate of drug-likeness (QED) is 0.670. The summed E-state index contributed by atoms with van der Waals surface area (Å²) < 4.78 is 5.57. The summed E-state index contributed by atoms with van der Waals surface area (Å²) in [5, 5.41) is 0. The highest BCUT2D eigenvalue weighted by Crippen LogP contribution is 2.23. The Morgan fingerprint density at radius 2 is 1.13 bits per heavy atom. The molecule has 1 saturated heterocycles. The van der Waals surface area contributed by atoms with Crippen LogP contribution in [0.4, 0.5) is 0 Å². The normalized spacial score (nSPS) is 24.1. The van der Waals surface area contributed by atoms with Gasteiger partial charge in [0.15, 0.2) is 0 Å². The summed E-state index contributed by atoms with van der Waals surface area (Å²) >= 11 is 0. The van der Waals surface area contributed by atoms with E-state index in [0.717, 1.165) is 13.2 Å². The maximum Gasteiger partial charge on any atom is 0.0717 e. The van der Waals surface area contributed by atoms with Crippen LogP contribution < -0.4 is 0 Å². The summed E-state index contributed by atoms with van der Waals surface area (Å²) in [6.45, 7) is 15.9. The molecule has 3 heteroatoms. The van der Waals surface area contributed by atoms with Crippen LogP contribution in [0, 0.1) is 0 Å². The van der Waals surface area contributed by atoms with Gasteiger partial charge in [0.05, 0.1) is 29.4 Å². The lowest BCUT2D eigenvalue weighted by Gasteiger charge is -2.14. The smallest absolute Gasteiger partial charge is 0.0717 e. The average Bonchev–Trinajstić information content (AvgIpc) is 2.29. The topological polar surface area (TPSA) is 9.23 Å². The molecule has 86 valence electrons. The van der Waals surface area contributed by atoms with E-state index in [1.165, 1.54) is 11.1 Å². The van der Waals surface area contributed by atoms with Gasteiger partial charge in [0.25, 0.3) is 0 Å². The molecular weight excluding hydrogens is 216 g/mol. The van der Waals surface area contributed by atoms with Crippen LogP contribution in [0.15, 0.2) is 22.5 Å². The van der Waals surface area contributed by atoms with Crippen LogP contribution >= 0.6 is 0 Å². The minimum atomic E-state index is -1.11. The highest BCUT2D eigenvalue weighted by Gasteiger charge is 2.21. The fourth-order valence-electron chi connectivity index (χ4n) is 1.77. The van der Waals surface area contributed by atoms with Gasteiger partial charge in [-0.05, 0) is 11.1 Å². The molecule has 0 atom stereocenters. The lowest BCUT2D eigenvalue weighted by Crippen LogP contribution is -2.19. The maximum absolute atomic E-state index is 5.57. The minimum Gasteiger partial charge on any atom is -0.372 e. The first-order valence-corrected chi connectivity index (χ1v) is 12.8. The average molecular weight is 240 g/mol. The molecule has 1 heterocycles. The van der Waals surface area contributed by atoms with Gasteiger partial charge in [-0.15, -0.1) is 0 Å². The third-order valence-electron chi connectivity index (χ3n) is 2.14. The van der Waals surface area contributed by atoms with Crippen LogP contribution in [0.25, 0.3) is 0 Å². The van der Waals surface area contributed by atoms with Crippen LogP contribution in [0.1, 0.15) is 0 Å². The van der Waals surface area contributed by atoms with E-state index in [4.69, 9.17) is 4.74 Å². The van der Waals surface area contributed by atoms with E-state index in [9.17, 15) is 0 Å². The Kier molecular flexibility index (Phi) is 3.79. The van der Waals surface area contributed by atoms with Crippen molar-refractivity contribution in [1.29, 1.82) is 0 Å². The third-order valence-corrected chi connectivity index (χ3v) is 4.57. The zero-order chi connectivity index (χ0) is 11.7. The first kappa shape index (κ1) is 12.9. The van der Waals surface area contributed by atoms with Gasteiger partial charge in [0.1, 0.15) is 0 Å². The van der Waals surface area contributed by atoms with E-state index in [2.05, 4.69) is 50.7 Å². The molecule has 1 aliphatic heterocycles. The minimum absolute atomic E-state index is 0.834. The molecule has 0 unspecified atom stereocenters. The summed E-state index contributed by atoms with van der Waals surface area (Å²) in [5.41, 5.74) is 7.92. The monoisotopic (exact) mass is 240 g/mol. The predicted octanol–water partition coefficient (Wildman–Crippen LogP) is 3.62. The van der Waals surface area contributed by atoms with E-state index >= 15 is 0 Å². The standard InChI is InChI=1S/C12H24OSi2/c1-14(2,3)9-11-7-13-8-12(11)10-15(4,5)6/h9-10H,7-8H2,1-6H3/b11-9-,12-10+. The maximum atomic E-state index is 5.57. The molecule has 0 saturated carbocycles. The molecule has 0 amide bonds. The Bertz CT molecular complexity index is 260. The summed E-state index contributed by atoms with van der Waals surface area (Å²) in [7, 11) is -2.21. The van der Waals surface area contributed by atoms with Gasteiger partial charge in [-0.3, -0.25) is 0 Å². The highest BCUT2D eigenvalue weighted by atomic mass is 28.3. The second-order valence-electron chi connectivity index (χ2n) is 6.56. The number of hydrogen-bond acceptors (Lipinski definition) is 1. The first-order valence-electron chi connectivity index (χ1n) is 5.69. The molecular formula is C12H24OSi2. The molecule has 0 bridgehead atoms. The zero-order valence-corrected chi connectivity index (χ0v) is 13.0. The van der Waals surface area contributed by atoms with E-state index in [1.807, 2.05) is 0 Å². The van der Waals surface area contributed by atoms with Crippen molar-refractivity contribution < 1.29 is 4.74 Å². The molecule has 15 heavy (non-hydrogen) atoms. The van der Waals surface area contributed by atoms with E-state index in [-0.39, 0.29) is 0 Å². The highest BCUT2D eigenvalue weighted by molar-refractivity contribution is 6.82. The number of rotatable bonds is 2. The second-order valence-corrected chi connectivity index (χ2v) is 16.6. The molecule has 0 N–H and O–H groups in total. The molecule has 0 aromatic rings. The van der Waals surface area contributed by atoms with Crippen LogP contribution in [0.3, 0.4) is 0 Å². The van der Waals surface area contributed by atoms with Crippen LogP contribution in [-0.4, -0.2) is 29.4 Å². The molecule has 0 aromatic heterocycles. The van der Waals surface area contributed by atoms with E-state index in [1.54, 1.807) is 0 Å². The van der Waals surface area contributed by atoms with Gasteiger partial charge in [0.2, 0.25) is 0 Å². The lowest BCUT2D eigenvalue weighted by molar-refractivity contribution is 0.215. The van der Waals surface area contributed by atoms with Gasteiger partial charge in [-0.25, -0.2) is 0 Å². The van der Waals surface area contributed by atoms with Crippen molar-refractivity contribution >= 4 is 16.1 Å². The molecule has 1 nitrogen and oxygen atoms in total. The molecule has 0 radical (unpaired) electrons. The van der Waals surface area contributed by atoms with Crippen molar-refractivity contribution in [3.8, 4) is 0 Å². The Labute approximate surface area is 96.2 Å². The summed E-state index contributed by atoms with van der Waals surface area (Å²) in [4.78, 5) is 0. The van der Waals surface area contributed by atoms with Crippen molar-refractivity contribution in [2.75, 3.05) is 13.2 Å². The summed E-state index contributed by atoms with van der Waals surface area (Å²) in [5.74, 6) is 0. The van der Waals surface area contributed by atoms with Gasteiger partial charge in [-0.2, -0.15) is 0 Å². The van der Waals surface area contributed by atoms with Crippen LogP contribution in [0.5, 0.6) is 0 Å². The number of ether oxygens (including phenoxy) is 1. The molecule has 0 spiro atoms. The molecule has 1 aliphatic rings. The van der Waals surface area contributed by atoms with Gasteiger partial charge < -0.3 is 4.74 Å². The zero-order valence-electron chi connectivity index (χ0n) is 11.0. The Balaban J connectivity index is 2.92. The molecule has 0 aromatic carbocycles. The molecule has 1 rings (SSSR count). The fourth-order valence-corrected chi connectivity index (χ4v) is 4.40. The summed E-state index contributed by atoms with van der Waals surface area (Å²) in [6, 6.07) is 0. The largest absolute Gasteiger partial charge is 0.372 e. The predicted molar refractivity (Wildman–Crippen MR) is 73.7 cm³/mol. The first-order chi connectivity index (χ1) is 6.67. The second kappa shape index (κ2) is 4.39. The van der Waals surface area contributed by atoms with Gasteiger partial charge in [0, 0.05) is 0 Å². The Morgan fingerprint density at radius 1 is 0.800 bits per heavy atom. The third kappa shape index (κ3) is 4.95. The van der Waals surface area contributed by atoms with Gasteiger partial charge >= 0.3 is 0 Å². The SMILES string of the molecule is C[Si](C)(C)/C=C1\COC\C1=C\[Si](C)(C)C. The fraction of sp³-hybridized carbons (Fsp3) is 0.667. The summed E-state index contributed by atoms with van der Waals surface area (Å²) in [6.07, 6.45) is 0. The van der Waals surface area contributed by atoms with Crippen molar-refractivity contribution in [3.05, 3.63) is 22.5 Å². The Hall–Kier alpha value is -0.126. The van der Waals surface area contributed by atoms with Gasteiger partial charge in [-0.1, -0.05) is 50.7 Å². The number of hydrogen-bond donors (Lipinski definition) is 0. The lowest BCUT2D eigenvalue weighted by atomic mass is 10.2. The molecule has 1 fully saturated rings. The van der Waals surface area contributed by atoms with E-state index < -0.39 is 16.1 Å². The van der Waals surface area contributed by atoms with E-state index in [0.29, 0.717) is 0 Å². The van der Waals surface area contributed by atoms with Crippen molar-refractivity contribution in [2.24, 2.45) is 0 Å². The van der Waals surface area contributed by atoms with Crippen LogP contribution in [-0.2, 0) is 4.74 Å².